The molecule has 0 saturated heterocycles. The van der Waals surface area contributed by atoms with Crippen molar-refractivity contribution in [3.8, 4) is 0 Å². The molecular formula is C8H13ClO2. The van der Waals surface area contributed by atoms with Gasteiger partial charge in [0, 0.05) is 5.38 Å². The maximum absolute atomic E-state index is 10.6. The van der Waals surface area contributed by atoms with Crippen molar-refractivity contribution in [1.29, 1.82) is 0 Å². The quantitative estimate of drug-likeness (QED) is 0.622. The number of carbonyl (C=O) groups is 1. The molecule has 0 aromatic heterocycles. The predicted molar refractivity (Wildman–Crippen MR) is 43.8 cm³/mol. The molecule has 2 nitrogen and oxygen atoms in total. The van der Waals surface area contributed by atoms with Crippen LogP contribution in [0.25, 0.3) is 0 Å². The minimum Gasteiger partial charge on any atom is -0.481 e. The first kappa shape index (κ1) is 8.85. The van der Waals surface area contributed by atoms with Crippen LogP contribution < -0.4 is 0 Å². The first-order chi connectivity index (χ1) is 5.11. The van der Waals surface area contributed by atoms with E-state index in [0.29, 0.717) is 0 Å². The molecule has 11 heavy (non-hydrogen) atoms. The molecule has 1 N–H and O–H groups in total. The van der Waals surface area contributed by atoms with Gasteiger partial charge in [0.25, 0.3) is 0 Å². The van der Waals surface area contributed by atoms with Crippen molar-refractivity contribution in [1.82, 2.24) is 0 Å². The molecule has 0 bridgehead atoms. The maximum Gasteiger partial charge on any atom is 0.306 e. The van der Waals surface area contributed by atoms with Gasteiger partial charge in [-0.05, 0) is 25.2 Å². The van der Waals surface area contributed by atoms with E-state index in [-0.39, 0.29) is 17.2 Å². The maximum atomic E-state index is 10.6. The van der Waals surface area contributed by atoms with Crippen LogP contribution >= 0.6 is 11.6 Å². The topological polar surface area (TPSA) is 37.3 Å². The van der Waals surface area contributed by atoms with E-state index in [2.05, 4.69) is 0 Å². The lowest BCUT2D eigenvalue weighted by Gasteiger charge is -2.28. The Morgan fingerprint density at radius 3 is 2.64 bits per heavy atom. The van der Waals surface area contributed by atoms with Crippen molar-refractivity contribution < 1.29 is 9.90 Å². The number of rotatable bonds is 1. The van der Waals surface area contributed by atoms with Crippen LogP contribution in [0.5, 0.6) is 0 Å². The number of halogens is 1. The Morgan fingerprint density at radius 2 is 2.18 bits per heavy atom. The molecule has 1 aliphatic rings. The predicted octanol–water partition coefficient (Wildman–Crippen LogP) is 2.11. The molecular weight excluding hydrogens is 164 g/mol. The molecule has 3 atom stereocenters. The Hall–Kier alpha value is -0.240. The van der Waals surface area contributed by atoms with Crippen molar-refractivity contribution in [3.63, 3.8) is 0 Å². The monoisotopic (exact) mass is 176 g/mol. The van der Waals surface area contributed by atoms with Gasteiger partial charge in [-0.25, -0.2) is 0 Å². The highest BCUT2D eigenvalue weighted by molar-refractivity contribution is 6.20. The van der Waals surface area contributed by atoms with Crippen LogP contribution in [-0.2, 0) is 4.79 Å². The largest absolute Gasteiger partial charge is 0.481 e. The summed E-state index contributed by atoms with van der Waals surface area (Å²) in [5.41, 5.74) is 0. The van der Waals surface area contributed by atoms with Crippen LogP contribution in [0.2, 0.25) is 0 Å². The second kappa shape index (κ2) is 3.44. The standard InChI is InChI=1S/C8H13ClO2/c1-5-4-6(9)2-3-7(5)8(10)11/h5-7H,2-4H2,1H3,(H,10,11)/t5-,6+,7-/m1/s1. The Labute approximate surface area is 71.5 Å². The smallest absolute Gasteiger partial charge is 0.306 e. The fourth-order valence-corrected chi connectivity index (χ4v) is 2.10. The lowest BCUT2D eigenvalue weighted by atomic mass is 9.80. The molecule has 1 fully saturated rings. The van der Waals surface area contributed by atoms with Gasteiger partial charge in [-0.3, -0.25) is 4.79 Å². The number of aliphatic carboxylic acids is 1. The number of hydrogen-bond acceptors (Lipinski definition) is 1. The summed E-state index contributed by atoms with van der Waals surface area (Å²) in [5.74, 6) is -0.588. The average Bonchev–Trinajstić information content (AvgIpc) is 1.85. The molecule has 1 saturated carbocycles. The molecule has 1 aliphatic carbocycles. The van der Waals surface area contributed by atoms with Gasteiger partial charge in [-0.15, -0.1) is 11.6 Å². The van der Waals surface area contributed by atoms with Crippen molar-refractivity contribution in [3.05, 3.63) is 0 Å². The molecule has 0 aromatic rings. The van der Waals surface area contributed by atoms with Crippen LogP contribution in [0.1, 0.15) is 26.2 Å². The molecule has 3 heteroatoms. The summed E-state index contributed by atoms with van der Waals surface area (Å²) in [4.78, 5) is 10.6. The Kier molecular flexibility index (Phi) is 2.77. The normalized spacial score (nSPS) is 38.5. The van der Waals surface area contributed by atoms with Crippen LogP contribution in [0.15, 0.2) is 0 Å². The molecule has 1 rings (SSSR count). The van der Waals surface area contributed by atoms with E-state index in [1.807, 2.05) is 6.92 Å². The summed E-state index contributed by atoms with van der Waals surface area (Å²) in [5, 5.41) is 8.95. The minimum absolute atomic E-state index is 0.162. The molecule has 0 amide bonds. The summed E-state index contributed by atoms with van der Waals surface area (Å²) in [6.45, 7) is 1.97. The van der Waals surface area contributed by atoms with Gasteiger partial charge in [0.05, 0.1) is 5.92 Å². The zero-order chi connectivity index (χ0) is 8.43. The van der Waals surface area contributed by atoms with Gasteiger partial charge in [0.1, 0.15) is 0 Å². The second-order valence-corrected chi connectivity index (χ2v) is 3.95. The van der Waals surface area contributed by atoms with E-state index in [9.17, 15) is 4.79 Å². The molecule has 0 spiro atoms. The Bertz CT molecular complexity index is 158. The van der Waals surface area contributed by atoms with E-state index < -0.39 is 5.97 Å². The summed E-state index contributed by atoms with van der Waals surface area (Å²) in [6, 6.07) is 0. The van der Waals surface area contributed by atoms with Gasteiger partial charge >= 0.3 is 5.97 Å². The van der Waals surface area contributed by atoms with Crippen LogP contribution in [-0.4, -0.2) is 16.5 Å². The third-order valence-corrected chi connectivity index (χ3v) is 2.82. The van der Waals surface area contributed by atoms with E-state index in [4.69, 9.17) is 16.7 Å². The second-order valence-electron chi connectivity index (χ2n) is 3.33. The van der Waals surface area contributed by atoms with E-state index >= 15 is 0 Å². The lowest BCUT2D eigenvalue weighted by molar-refractivity contribution is -0.144. The summed E-state index contributed by atoms with van der Waals surface area (Å²) < 4.78 is 0. The third kappa shape index (κ3) is 2.09. The Balaban J connectivity index is 2.50. The lowest BCUT2D eigenvalue weighted by Crippen LogP contribution is -2.29. The zero-order valence-electron chi connectivity index (χ0n) is 6.59. The van der Waals surface area contributed by atoms with Crippen molar-refractivity contribution >= 4 is 17.6 Å². The first-order valence-corrected chi connectivity index (χ1v) is 4.41. The van der Waals surface area contributed by atoms with E-state index in [0.717, 1.165) is 19.3 Å². The highest BCUT2D eigenvalue weighted by Gasteiger charge is 2.30. The average molecular weight is 177 g/mol. The van der Waals surface area contributed by atoms with Crippen LogP contribution in [0, 0.1) is 11.8 Å². The highest BCUT2D eigenvalue weighted by Crippen LogP contribution is 2.32. The van der Waals surface area contributed by atoms with Crippen LogP contribution in [0.4, 0.5) is 0 Å². The molecule has 0 unspecified atom stereocenters. The summed E-state index contributed by atoms with van der Waals surface area (Å²) in [7, 11) is 0. The summed E-state index contributed by atoms with van der Waals surface area (Å²) >= 11 is 5.89. The highest BCUT2D eigenvalue weighted by atomic mass is 35.5. The first-order valence-electron chi connectivity index (χ1n) is 3.98. The summed E-state index contributed by atoms with van der Waals surface area (Å²) in [6.07, 6.45) is 2.44. The van der Waals surface area contributed by atoms with E-state index in [1.165, 1.54) is 0 Å². The molecule has 0 radical (unpaired) electrons. The molecule has 0 aliphatic heterocycles. The third-order valence-electron chi connectivity index (χ3n) is 2.42. The number of hydrogen-bond donors (Lipinski definition) is 1. The molecule has 0 heterocycles. The van der Waals surface area contributed by atoms with Gasteiger partial charge in [0.2, 0.25) is 0 Å². The number of alkyl halides is 1. The van der Waals surface area contributed by atoms with Gasteiger partial charge in [0.15, 0.2) is 0 Å². The molecule has 0 aromatic carbocycles. The van der Waals surface area contributed by atoms with Gasteiger partial charge in [-0.1, -0.05) is 6.92 Å². The van der Waals surface area contributed by atoms with Crippen LogP contribution in [0.3, 0.4) is 0 Å². The van der Waals surface area contributed by atoms with Gasteiger partial charge in [-0.2, -0.15) is 0 Å². The number of carboxylic acids is 1. The van der Waals surface area contributed by atoms with E-state index in [1.54, 1.807) is 0 Å². The van der Waals surface area contributed by atoms with Crippen molar-refractivity contribution in [2.75, 3.05) is 0 Å². The van der Waals surface area contributed by atoms with Crippen molar-refractivity contribution in [2.24, 2.45) is 11.8 Å². The minimum atomic E-state index is -0.666. The SMILES string of the molecule is C[C@@H]1C[C@@H](Cl)CC[C@H]1C(=O)O. The Morgan fingerprint density at radius 1 is 1.55 bits per heavy atom. The van der Waals surface area contributed by atoms with Crippen molar-refractivity contribution in [2.45, 2.75) is 31.6 Å². The fourth-order valence-electron chi connectivity index (χ4n) is 1.70. The number of carboxylic acid groups (broad SMARTS) is 1. The van der Waals surface area contributed by atoms with Gasteiger partial charge < -0.3 is 5.11 Å². The fraction of sp³-hybridized carbons (Fsp3) is 0.875. The molecule has 64 valence electrons. The zero-order valence-corrected chi connectivity index (χ0v) is 7.34.